The summed E-state index contributed by atoms with van der Waals surface area (Å²) in [7, 11) is 1.64. The Kier molecular flexibility index (Phi) is 5.80. The van der Waals surface area contributed by atoms with Gasteiger partial charge in [-0.1, -0.05) is 54.6 Å². The summed E-state index contributed by atoms with van der Waals surface area (Å²) in [6.45, 7) is 3.70. The van der Waals surface area contributed by atoms with E-state index in [4.69, 9.17) is 4.74 Å². The van der Waals surface area contributed by atoms with Gasteiger partial charge in [-0.3, -0.25) is 14.5 Å². The Labute approximate surface area is 204 Å². The van der Waals surface area contributed by atoms with Crippen LogP contribution in [0.3, 0.4) is 0 Å². The number of hydrogen-bond acceptors (Lipinski definition) is 5. The lowest BCUT2D eigenvalue weighted by atomic mass is 9.88. The van der Waals surface area contributed by atoms with Crippen LogP contribution < -0.4 is 15.0 Å². The van der Waals surface area contributed by atoms with Crippen molar-refractivity contribution in [3.8, 4) is 5.75 Å². The number of nitrogens with zero attached hydrogens (tertiary/aromatic N) is 3. The van der Waals surface area contributed by atoms with Gasteiger partial charge in [-0.25, -0.2) is 4.79 Å². The summed E-state index contributed by atoms with van der Waals surface area (Å²) in [5.74, 6) is 0.134. The number of carbonyl (C=O) groups excluding carboxylic acids is 3. The van der Waals surface area contributed by atoms with Gasteiger partial charge in [-0.2, -0.15) is 0 Å². The van der Waals surface area contributed by atoms with Crippen molar-refractivity contribution in [1.29, 1.82) is 0 Å². The van der Waals surface area contributed by atoms with Gasteiger partial charge in [0.25, 0.3) is 5.91 Å². The summed E-state index contributed by atoms with van der Waals surface area (Å²) in [4.78, 5) is 44.3. The van der Waals surface area contributed by atoms with Crippen molar-refractivity contribution < 1.29 is 19.1 Å². The van der Waals surface area contributed by atoms with Crippen LogP contribution in [0.4, 0.5) is 10.5 Å². The number of carbonyl (C=O) groups is 3. The zero-order valence-corrected chi connectivity index (χ0v) is 19.9. The number of nitrogens with one attached hydrogen (secondary N) is 1. The van der Waals surface area contributed by atoms with Crippen LogP contribution in [-0.2, 0) is 15.1 Å². The van der Waals surface area contributed by atoms with E-state index >= 15 is 0 Å². The fourth-order valence-electron chi connectivity index (χ4n) is 5.01. The van der Waals surface area contributed by atoms with Gasteiger partial charge in [0.05, 0.1) is 12.8 Å². The summed E-state index contributed by atoms with van der Waals surface area (Å²) in [5, 5.41) is 4.71. The number of piperazine rings is 1. The highest BCUT2D eigenvalue weighted by Gasteiger charge is 2.50. The lowest BCUT2D eigenvalue weighted by Gasteiger charge is -2.37. The first-order valence-electron chi connectivity index (χ1n) is 11.7. The lowest BCUT2D eigenvalue weighted by Crippen LogP contribution is -2.52. The predicted octanol–water partition coefficient (Wildman–Crippen LogP) is 2.96. The number of rotatable bonds is 5. The van der Waals surface area contributed by atoms with Gasteiger partial charge < -0.3 is 19.9 Å². The van der Waals surface area contributed by atoms with Crippen molar-refractivity contribution in [3.05, 3.63) is 72.3 Å². The van der Waals surface area contributed by atoms with Crippen molar-refractivity contribution >= 4 is 34.3 Å². The molecule has 3 aromatic carbocycles. The highest BCUT2D eigenvalue weighted by atomic mass is 16.5. The molecule has 2 fully saturated rings. The monoisotopic (exact) mass is 472 g/mol. The standard InChI is InChI=1S/C27H28N4O4/c1-27(21-11-7-9-19-8-3-4-10-20(19)21)25(33)31(26(34)28-27)18-24(32)30-16-14-29(15-17-30)22-12-5-6-13-23(22)35-2/h3-13H,14-18H2,1-2H3,(H,28,34)/t27-/m1/s1. The second-order valence-electron chi connectivity index (χ2n) is 9.01. The first kappa shape index (κ1) is 22.7. The molecule has 5 rings (SSSR count). The highest BCUT2D eigenvalue weighted by Crippen LogP contribution is 2.34. The minimum absolute atomic E-state index is 0.240. The maximum Gasteiger partial charge on any atom is 0.325 e. The number of hydrogen-bond donors (Lipinski definition) is 1. The molecule has 1 N–H and O–H groups in total. The smallest absolute Gasteiger partial charge is 0.325 e. The van der Waals surface area contributed by atoms with E-state index in [1.165, 1.54) is 0 Å². The quantitative estimate of drug-likeness (QED) is 0.578. The maximum absolute atomic E-state index is 13.5. The third-order valence-electron chi connectivity index (χ3n) is 6.95. The van der Waals surface area contributed by atoms with Gasteiger partial charge in [0.2, 0.25) is 5.91 Å². The van der Waals surface area contributed by atoms with E-state index in [1.807, 2.05) is 66.7 Å². The molecule has 0 bridgehead atoms. The van der Waals surface area contributed by atoms with E-state index in [0.717, 1.165) is 27.1 Å². The molecule has 8 nitrogen and oxygen atoms in total. The molecule has 0 spiro atoms. The van der Waals surface area contributed by atoms with Crippen LogP contribution in [-0.4, -0.2) is 67.5 Å². The number of fused-ring (bicyclic) bond motifs is 1. The van der Waals surface area contributed by atoms with Crippen LogP contribution in [0, 0.1) is 0 Å². The topological polar surface area (TPSA) is 82.2 Å². The summed E-state index contributed by atoms with van der Waals surface area (Å²) in [5.41, 5.74) is 0.470. The van der Waals surface area contributed by atoms with Gasteiger partial charge in [0, 0.05) is 26.2 Å². The van der Waals surface area contributed by atoms with Crippen LogP contribution >= 0.6 is 0 Å². The number of ether oxygens (including phenoxy) is 1. The number of methoxy groups -OCH3 is 1. The SMILES string of the molecule is COc1ccccc1N1CCN(C(=O)CN2C(=O)N[C@](C)(c3cccc4ccccc34)C2=O)CC1. The number of amides is 4. The third kappa shape index (κ3) is 3.95. The molecule has 2 aliphatic heterocycles. The molecule has 1 atom stereocenters. The van der Waals surface area contributed by atoms with E-state index in [1.54, 1.807) is 18.9 Å². The molecule has 0 aromatic heterocycles. The molecule has 8 heteroatoms. The van der Waals surface area contributed by atoms with Crippen LogP contribution in [0.25, 0.3) is 10.8 Å². The minimum atomic E-state index is -1.24. The second-order valence-corrected chi connectivity index (χ2v) is 9.01. The van der Waals surface area contributed by atoms with Gasteiger partial charge in [-0.15, -0.1) is 0 Å². The normalized spacial score (nSPS) is 20.3. The number of imide groups is 1. The van der Waals surface area contributed by atoms with Crippen LogP contribution in [0.5, 0.6) is 5.75 Å². The maximum atomic E-state index is 13.5. The minimum Gasteiger partial charge on any atom is -0.495 e. The largest absolute Gasteiger partial charge is 0.495 e. The zero-order valence-electron chi connectivity index (χ0n) is 19.9. The van der Waals surface area contributed by atoms with Crippen LogP contribution in [0.1, 0.15) is 12.5 Å². The summed E-state index contributed by atoms with van der Waals surface area (Å²) >= 11 is 0. The number of urea groups is 1. The lowest BCUT2D eigenvalue weighted by molar-refractivity contribution is -0.139. The van der Waals surface area contributed by atoms with Crippen molar-refractivity contribution in [1.82, 2.24) is 15.1 Å². The van der Waals surface area contributed by atoms with Gasteiger partial charge in [0.15, 0.2) is 0 Å². The molecule has 0 unspecified atom stereocenters. The molecule has 2 saturated heterocycles. The molecular formula is C27H28N4O4. The number of benzene rings is 3. The number of para-hydroxylation sites is 2. The Balaban J connectivity index is 1.28. The van der Waals surface area contributed by atoms with E-state index in [-0.39, 0.29) is 12.5 Å². The molecule has 35 heavy (non-hydrogen) atoms. The van der Waals surface area contributed by atoms with E-state index < -0.39 is 17.5 Å². The molecule has 0 radical (unpaired) electrons. The van der Waals surface area contributed by atoms with Gasteiger partial charge in [-0.05, 0) is 35.4 Å². The Morgan fingerprint density at radius 3 is 2.40 bits per heavy atom. The second kappa shape index (κ2) is 8.94. The Morgan fingerprint density at radius 1 is 0.943 bits per heavy atom. The summed E-state index contributed by atoms with van der Waals surface area (Å²) in [6, 6.07) is 20.7. The first-order chi connectivity index (χ1) is 16.9. The number of anilines is 1. The molecule has 0 saturated carbocycles. The zero-order chi connectivity index (χ0) is 24.6. The van der Waals surface area contributed by atoms with Crippen molar-refractivity contribution in [2.45, 2.75) is 12.5 Å². The first-order valence-corrected chi connectivity index (χ1v) is 11.7. The summed E-state index contributed by atoms with van der Waals surface area (Å²) in [6.07, 6.45) is 0. The molecule has 2 heterocycles. The molecule has 3 aromatic rings. The summed E-state index contributed by atoms with van der Waals surface area (Å²) < 4.78 is 5.46. The average Bonchev–Trinajstić information content (AvgIpc) is 3.11. The molecule has 2 aliphatic rings. The van der Waals surface area contributed by atoms with E-state index in [9.17, 15) is 14.4 Å². The average molecular weight is 473 g/mol. The Hall–Kier alpha value is -4.07. The fourth-order valence-corrected chi connectivity index (χ4v) is 5.01. The van der Waals surface area contributed by atoms with Crippen molar-refractivity contribution in [3.63, 3.8) is 0 Å². The molecule has 180 valence electrons. The third-order valence-corrected chi connectivity index (χ3v) is 6.95. The van der Waals surface area contributed by atoms with Gasteiger partial charge >= 0.3 is 6.03 Å². The molecule has 0 aliphatic carbocycles. The molecule has 4 amide bonds. The Bertz CT molecular complexity index is 1300. The van der Waals surface area contributed by atoms with Crippen LogP contribution in [0.15, 0.2) is 66.7 Å². The van der Waals surface area contributed by atoms with Crippen molar-refractivity contribution in [2.24, 2.45) is 0 Å². The predicted molar refractivity (Wildman–Crippen MR) is 133 cm³/mol. The van der Waals surface area contributed by atoms with Crippen molar-refractivity contribution in [2.75, 3.05) is 44.7 Å². The highest BCUT2D eigenvalue weighted by molar-refractivity contribution is 6.10. The van der Waals surface area contributed by atoms with E-state index in [0.29, 0.717) is 31.7 Å². The fraction of sp³-hybridized carbons (Fsp3) is 0.296. The Morgan fingerprint density at radius 2 is 1.63 bits per heavy atom. The van der Waals surface area contributed by atoms with E-state index in [2.05, 4.69) is 10.2 Å². The van der Waals surface area contributed by atoms with Crippen LogP contribution in [0.2, 0.25) is 0 Å². The molecular weight excluding hydrogens is 444 g/mol. The van der Waals surface area contributed by atoms with Gasteiger partial charge in [0.1, 0.15) is 17.8 Å².